The first kappa shape index (κ1) is 15.3. The molecule has 2 unspecified atom stereocenters. The summed E-state index contributed by atoms with van der Waals surface area (Å²) in [5.74, 6) is -0.0727. The number of benzene rings is 1. The van der Waals surface area contributed by atoms with Gasteiger partial charge in [0.1, 0.15) is 0 Å². The first-order valence-electron chi connectivity index (χ1n) is 7.78. The zero-order chi connectivity index (χ0) is 15.5. The molecule has 4 heteroatoms. The Kier molecular flexibility index (Phi) is 4.60. The second-order valence-electron chi connectivity index (χ2n) is 5.96. The van der Waals surface area contributed by atoms with Crippen LogP contribution in [0.3, 0.4) is 0 Å². The van der Waals surface area contributed by atoms with E-state index in [1.54, 1.807) is 0 Å². The summed E-state index contributed by atoms with van der Waals surface area (Å²) >= 11 is 1.45. The molecule has 1 aromatic heterocycles. The number of amides is 1. The lowest BCUT2D eigenvalue weighted by molar-refractivity contribution is 0.0720. The van der Waals surface area contributed by atoms with Gasteiger partial charge in [0.2, 0.25) is 0 Å². The van der Waals surface area contributed by atoms with Gasteiger partial charge in [0, 0.05) is 5.56 Å². The number of rotatable bonds is 3. The molecule has 0 aliphatic heterocycles. The van der Waals surface area contributed by atoms with Crippen LogP contribution in [0.5, 0.6) is 0 Å². The van der Waals surface area contributed by atoms with Gasteiger partial charge in [-0.25, -0.2) is 0 Å². The van der Waals surface area contributed by atoms with E-state index in [9.17, 15) is 9.90 Å². The van der Waals surface area contributed by atoms with Crippen LogP contribution in [0, 0.1) is 6.92 Å². The van der Waals surface area contributed by atoms with E-state index >= 15 is 0 Å². The van der Waals surface area contributed by atoms with Gasteiger partial charge in [0.25, 0.3) is 5.91 Å². The average Bonchev–Trinajstić information content (AvgIpc) is 3.00. The highest BCUT2D eigenvalue weighted by atomic mass is 32.1. The van der Waals surface area contributed by atoms with Gasteiger partial charge in [-0.15, -0.1) is 11.3 Å². The van der Waals surface area contributed by atoms with E-state index in [1.807, 2.05) is 23.6 Å². The maximum absolute atomic E-state index is 12.6. The summed E-state index contributed by atoms with van der Waals surface area (Å²) in [6.07, 6.45) is 3.33. The van der Waals surface area contributed by atoms with Crippen LogP contribution in [-0.4, -0.2) is 23.2 Å². The Morgan fingerprint density at radius 3 is 2.64 bits per heavy atom. The lowest BCUT2D eigenvalue weighted by atomic mass is 9.92. The molecule has 1 amide bonds. The van der Waals surface area contributed by atoms with Crippen LogP contribution < -0.4 is 5.32 Å². The number of hydrogen-bond acceptors (Lipinski definition) is 3. The highest BCUT2D eigenvalue weighted by Crippen LogP contribution is 2.29. The van der Waals surface area contributed by atoms with Crippen molar-refractivity contribution >= 4 is 17.2 Å². The Hall–Kier alpha value is -1.65. The van der Waals surface area contributed by atoms with E-state index in [4.69, 9.17) is 0 Å². The molecule has 2 atom stereocenters. The number of carbonyl (C=O) groups is 1. The van der Waals surface area contributed by atoms with Crippen LogP contribution in [0.4, 0.5) is 0 Å². The van der Waals surface area contributed by atoms with Crippen LogP contribution in [-0.2, 0) is 0 Å². The van der Waals surface area contributed by atoms with E-state index in [0.717, 1.165) is 41.7 Å². The summed E-state index contributed by atoms with van der Waals surface area (Å²) in [4.78, 5) is 13.3. The van der Waals surface area contributed by atoms with E-state index in [-0.39, 0.29) is 11.9 Å². The van der Waals surface area contributed by atoms with Crippen LogP contribution in [0.2, 0.25) is 0 Å². The van der Waals surface area contributed by atoms with Crippen LogP contribution >= 0.6 is 11.3 Å². The molecule has 2 N–H and O–H groups in total. The van der Waals surface area contributed by atoms with Gasteiger partial charge in [-0.1, -0.05) is 42.7 Å². The molecule has 22 heavy (non-hydrogen) atoms. The Morgan fingerprint density at radius 2 is 1.91 bits per heavy atom. The van der Waals surface area contributed by atoms with Crippen LogP contribution in [0.1, 0.15) is 40.9 Å². The third-order valence-corrected chi connectivity index (χ3v) is 5.19. The van der Waals surface area contributed by atoms with Gasteiger partial charge in [0.05, 0.1) is 17.0 Å². The Labute approximate surface area is 135 Å². The molecule has 1 saturated carbocycles. The van der Waals surface area contributed by atoms with Gasteiger partial charge in [0.15, 0.2) is 0 Å². The third-order valence-electron chi connectivity index (χ3n) is 4.28. The fraction of sp³-hybridized carbons (Fsp3) is 0.389. The van der Waals surface area contributed by atoms with Crippen molar-refractivity contribution < 1.29 is 9.90 Å². The van der Waals surface area contributed by atoms with Crippen LogP contribution in [0.25, 0.3) is 11.1 Å². The molecule has 2 aromatic rings. The minimum atomic E-state index is -0.416. The molecular formula is C18H21NO2S. The monoisotopic (exact) mass is 315 g/mol. The average molecular weight is 315 g/mol. The largest absolute Gasteiger partial charge is 0.391 e. The first-order chi connectivity index (χ1) is 10.6. The normalized spacial score (nSPS) is 21.5. The number of hydrogen-bond donors (Lipinski definition) is 2. The van der Waals surface area contributed by atoms with E-state index < -0.39 is 6.10 Å². The van der Waals surface area contributed by atoms with Gasteiger partial charge in [-0.05, 0) is 36.8 Å². The lowest BCUT2D eigenvalue weighted by Gasteiger charge is -2.28. The Morgan fingerprint density at radius 1 is 1.18 bits per heavy atom. The van der Waals surface area contributed by atoms with Gasteiger partial charge < -0.3 is 10.4 Å². The van der Waals surface area contributed by atoms with Gasteiger partial charge in [-0.3, -0.25) is 4.79 Å². The van der Waals surface area contributed by atoms with Crippen molar-refractivity contribution in [3.63, 3.8) is 0 Å². The number of nitrogens with one attached hydrogen (secondary N) is 1. The number of aliphatic hydroxyl groups excluding tert-OH is 1. The molecule has 0 saturated heterocycles. The summed E-state index contributed by atoms with van der Waals surface area (Å²) in [6, 6.07) is 10.1. The topological polar surface area (TPSA) is 49.3 Å². The van der Waals surface area contributed by atoms with Gasteiger partial charge in [-0.2, -0.15) is 0 Å². The second kappa shape index (κ2) is 6.63. The van der Waals surface area contributed by atoms with Gasteiger partial charge >= 0.3 is 0 Å². The highest BCUT2D eigenvalue weighted by Gasteiger charge is 2.26. The van der Waals surface area contributed by atoms with Crippen LogP contribution in [0.15, 0.2) is 35.7 Å². The van der Waals surface area contributed by atoms with Crippen molar-refractivity contribution in [2.75, 3.05) is 0 Å². The molecule has 1 aliphatic carbocycles. The second-order valence-corrected chi connectivity index (χ2v) is 6.88. The molecule has 116 valence electrons. The third kappa shape index (κ3) is 3.23. The number of carbonyl (C=O) groups excluding carboxylic acids is 1. The molecule has 1 fully saturated rings. The van der Waals surface area contributed by atoms with E-state index in [2.05, 4.69) is 24.4 Å². The van der Waals surface area contributed by atoms with Crippen molar-refractivity contribution in [1.29, 1.82) is 0 Å². The van der Waals surface area contributed by atoms with E-state index in [1.165, 1.54) is 16.9 Å². The van der Waals surface area contributed by atoms with E-state index in [0.29, 0.717) is 0 Å². The predicted molar refractivity (Wildman–Crippen MR) is 90.2 cm³/mol. The zero-order valence-electron chi connectivity index (χ0n) is 12.7. The smallest absolute Gasteiger partial charge is 0.262 e. The molecule has 1 aliphatic rings. The van der Waals surface area contributed by atoms with Crippen molar-refractivity contribution in [3.05, 3.63) is 46.2 Å². The zero-order valence-corrected chi connectivity index (χ0v) is 13.5. The summed E-state index contributed by atoms with van der Waals surface area (Å²) in [6.45, 7) is 2.05. The highest BCUT2D eigenvalue weighted by molar-refractivity contribution is 7.12. The lowest BCUT2D eigenvalue weighted by Crippen LogP contribution is -2.44. The molecular weight excluding hydrogens is 294 g/mol. The van der Waals surface area contributed by atoms with Crippen molar-refractivity contribution in [1.82, 2.24) is 5.32 Å². The summed E-state index contributed by atoms with van der Waals surface area (Å²) in [7, 11) is 0. The van der Waals surface area contributed by atoms with Crippen molar-refractivity contribution in [2.45, 2.75) is 44.8 Å². The molecule has 0 bridgehead atoms. The first-order valence-corrected chi connectivity index (χ1v) is 8.66. The molecule has 1 aromatic carbocycles. The molecule has 1 heterocycles. The van der Waals surface area contributed by atoms with Crippen molar-refractivity contribution in [3.8, 4) is 11.1 Å². The van der Waals surface area contributed by atoms with Crippen molar-refractivity contribution in [2.24, 2.45) is 0 Å². The Bertz CT molecular complexity index is 647. The fourth-order valence-corrected chi connectivity index (χ4v) is 3.78. The minimum absolute atomic E-state index is 0.0727. The summed E-state index contributed by atoms with van der Waals surface area (Å²) < 4.78 is 0. The molecule has 3 rings (SSSR count). The number of thiophene rings is 1. The molecule has 0 spiro atoms. The maximum Gasteiger partial charge on any atom is 0.262 e. The standard InChI is InChI=1S/C18H21NO2S/c1-12-6-8-13(9-7-12)14-10-11-22-17(14)18(21)19-15-4-2-3-5-16(15)20/h6-11,15-16,20H,2-5H2,1H3,(H,19,21). The molecule has 3 nitrogen and oxygen atoms in total. The SMILES string of the molecule is Cc1ccc(-c2ccsc2C(=O)NC2CCCCC2O)cc1. The molecule has 0 radical (unpaired) electrons. The number of aryl methyl sites for hydroxylation is 1. The quantitative estimate of drug-likeness (QED) is 0.906. The minimum Gasteiger partial charge on any atom is -0.391 e. The summed E-state index contributed by atoms with van der Waals surface area (Å²) in [5.41, 5.74) is 3.23. The fourth-order valence-electron chi connectivity index (χ4n) is 2.96. The predicted octanol–water partition coefficient (Wildman–Crippen LogP) is 3.76. The summed E-state index contributed by atoms with van der Waals surface area (Å²) in [5, 5.41) is 15.0. The Balaban J connectivity index is 1.79. The number of aliphatic hydroxyl groups is 1. The maximum atomic E-state index is 12.6.